The van der Waals surface area contributed by atoms with E-state index in [-0.39, 0.29) is 44.0 Å². The van der Waals surface area contributed by atoms with E-state index in [0.717, 1.165) is 25.7 Å². The summed E-state index contributed by atoms with van der Waals surface area (Å²) in [5, 5.41) is 5.25. The van der Waals surface area contributed by atoms with Crippen molar-refractivity contribution in [2.24, 2.45) is 11.3 Å². The molecule has 5 atom stereocenters. The molecule has 17 heteroatoms. The van der Waals surface area contributed by atoms with Crippen LogP contribution in [-0.4, -0.2) is 85.5 Å². The highest BCUT2D eigenvalue weighted by atomic mass is 32.2. The summed E-state index contributed by atoms with van der Waals surface area (Å²) in [6.45, 7) is 6.96. The van der Waals surface area contributed by atoms with Gasteiger partial charge in [0.05, 0.1) is 24.3 Å². The van der Waals surface area contributed by atoms with Gasteiger partial charge in [-0.2, -0.15) is 0 Å². The molecule has 1 aliphatic carbocycles. The number of fused-ring (bicyclic) bond motifs is 1. The molecule has 5 amide bonds. The van der Waals surface area contributed by atoms with Gasteiger partial charge < -0.3 is 25.0 Å². The molecular weight excluding hydrogens is 777 g/mol. The third kappa shape index (κ3) is 11.4. The number of hydrogen-bond acceptors (Lipinski definition) is 9. The lowest BCUT2D eigenvalue weighted by Crippen LogP contribution is -2.53. The minimum Gasteiger partial charge on any atom is -0.444 e. The highest BCUT2D eigenvalue weighted by molar-refractivity contribution is 7.89. The lowest BCUT2D eigenvalue weighted by Gasteiger charge is -2.29. The number of nitrogens with one attached hydrogen (secondary N) is 3. The quantitative estimate of drug-likeness (QED) is 0.186. The number of amides is 5. The van der Waals surface area contributed by atoms with Crippen LogP contribution in [0.4, 0.5) is 18.4 Å². The molecule has 2 aliphatic heterocycles. The number of carbonyl (C=O) groups is 5. The summed E-state index contributed by atoms with van der Waals surface area (Å²) < 4.78 is 66.8. The van der Waals surface area contributed by atoms with Crippen molar-refractivity contribution >= 4 is 39.9 Å². The number of hydrogen-bond donors (Lipinski definition) is 3. The van der Waals surface area contributed by atoms with Crippen LogP contribution in [0.15, 0.2) is 42.5 Å². The smallest absolute Gasteiger partial charge is 0.410 e. The van der Waals surface area contributed by atoms with E-state index in [9.17, 15) is 41.2 Å². The fourth-order valence-electron chi connectivity index (χ4n) is 7.71. The molecule has 0 unspecified atom stereocenters. The summed E-state index contributed by atoms with van der Waals surface area (Å²) in [6, 6.07) is 8.17. The van der Waals surface area contributed by atoms with Crippen LogP contribution in [-0.2, 0) is 52.7 Å². The van der Waals surface area contributed by atoms with Crippen LogP contribution in [0.2, 0.25) is 0 Å². The van der Waals surface area contributed by atoms with E-state index in [1.165, 1.54) is 47.2 Å². The van der Waals surface area contributed by atoms with E-state index in [2.05, 4.69) is 15.4 Å². The Bertz CT molecular complexity index is 1980. The van der Waals surface area contributed by atoms with E-state index in [1.807, 2.05) is 0 Å². The van der Waals surface area contributed by atoms with Gasteiger partial charge in [-0.3, -0.25) is 24.0 Å². The van der Waals surface area contributed by atoms with Crippen molar-refractivity contribution in [2.75, 3.05) is 13.6 Å². The van der Waals surface area contributed by atoms with E-state index < -0.39 is 86.5 Å². The normalized spacial score (nSPS) is 21.8. The Morgan fingerprint density at radius 3 is 2.33 bits per heavy atom. The van der Waals surface area contributed by atoms with E-state index in [4.69, 9.17) is 9.47 Å². The van der Waals surface area contributed by atoms with Crippen molar-refractivity contribution in [2.45, 2.75) is 128 Å². The minimum absolute atomic E-state index is 0.0161. The molecule has 2 aromatic rings. The maximum absolute atomic E-state index is 14.3. The van der Waals surface area contributed by atoms with Crippen LogP contribution in [0.25, 0.3) is 0 Å². The molecule has 0 radical (unpaired) electrons. The fourth-order valence-corrected chi connectivity index (χ4v) is 8.94. The summed E-state index contributed by atoms with van der Waals surface area (Å²) in [7, 11) is -2.64. The lowest BCUT2D eigenvalue weighted by atomic mass is 10.0. The first-order valence-electron chi connectivity index (χ1n) is 19.8. The number of sulfonamides is 1. The zero-order valence-corrected chi connectivity index (χ0v) is 34.6. The molecule has 0 bridgehead atoms. The number of ether oxygens (including phenoxy) is 2. The zero-order valence-electron chi connectivity index (χ0n) is 33.8. The molecule has 318 valence electrons. The van der Waals surface area contributed by atoms with Crippen molar-refractivity contribution in [1.82, 2.24) is 25.2 Å². The molecule has 1 saturated heterocycles. The summed E-state index contributed by atoms with van der Waals surface area (Å²) in [5.41, 5.74) is -0.566. The number of halogens is 2. The Morgan fingerprint density at radius 2 is 1.64 bits per heavy atom. The highest BCUT2D eigenvalue weighted by Gasteiger charge is 2.56. The molecule has 0 aromatic heterocycles. The summed E-state index contributed by atoms with van der Waals surface area (Å²) in [6.07, 6.45) is 2.96. The van der Waals surface area contributed by atoms with Crippen molar-refractivity contribution in [1.29, 1.82) is 0 Å². The van der Waals surface area contributed by atoms with Gasteiger partial charge in [-0.25, -0.2) is 26.8 Å². The summed E-state index contributed by atoms with van der Waals surface area (Å²) >= 11 is 0. The number of unbranched alkanes of at least 4 members (excludes halogenated alkanes) is 4. The second-order valence-corrected chi connectivity index (χ2v) is 18.5. The van der Waals surface area contributed by atoms with Crippen LogP contribution < -0.4 is 15.4 Å². The van der Waals surface area contributed by atoms with Crippen LogP contribution in [0.5, 0.6) is 0 Å². The number of alkyl carbamates (subject to hydrolysis) is 1. The number of carbonyl (C=O) groups excluding carboxylic acids is 5. The molecule has 2 heterocycles. The van der Waals surface area contributed by atoms with Gasteiger partial charge in [-0.05, 0) is 63.6 Å². The molecule has 5 rings (SSSR count). The first kappa shape index (κ1) is 44.3. The second-order valence-electron chi connectivity index (χ2n) is 16.7. The highest BCUT2D eigenvalue weighted by Crippen LogP contribution is 2.55. The summed E-state index contributed by atoms with van der Waals surface area (Å²) in [5.74, 6) is -3.23. The van der Waals surface area contributed by atoms with Crippen molar-refractivity contribution < 1.29 is 50.6 Å². The molecule has 0 spiro atoms. The Kier molecular flexibility index (Phi) is 14.1. The molecular formula is C41H55F2N5O9S. The zero-order chi connectivity index (χ0) is 42.4. The van der Waals surface area contributed by atoms with Gasteiger partial charge in [-0.1, -0.05) is 69.4 Å². The predicted octanol–water partition coefficient (Wildman–Crippen LogP) is 5.43. The maximum Gasteiger partial charge on any atom is 0.410 e. The van der Waals surface area contributed by atoms with E-state index in [1.54, 1.807) is 39.8 Å². The maximum atomic E-state index is 14.3. The van der Waals surface area contributed by atoms with Gasteiger partial charge in [0.25, 0.3) is 0 Å². The number of nitrogens with zero attached hydrogens (tertiary/aromatic N) is 2. The Morgan fingerprint density at radius 1 is 0.948 bits per heavy atom. The SMILES string of the molecule is CNC(=O)[C@@H]1C[C@@H](OC(=O)N2Cc3cccc(F)c3C2)CN1C(=O)[C@H](CCCCCCC[C@@H]1C[C@]1(C)C(=O)NS(=O)(=O)Cc1ccccc1F)NC(=O)OC(C)(C)C. The molecule has 3 aliphatic rings. The minimum atomic E-state index is -4.08. The average Bonchev–Trinajstić information content (AvgIpc) is 3.43. The van der Waals surface area contributed by atoms with Gasteiger partial charge >= 0.3 is 12.2 Å². The number of likely N-dealkylation sites (N-methyl/N-ethyl adjacent to an activating group) is 1. The third-order valence-electron chi connectivity index (χ3n) is 11.1. The van der Waals surface area contributed by atoms with Gasteiger partial charge in [0.1, 0.15) is 35.4 Å². The standard InChI is InChI=1S/C41H55F2N5O9S/c1-40(2,3)57-38(52)45-33(19-10-8-6-7-9-16-28-21-41(28,4)37(51)46-58(54,55)25-27-14-11-12-17-31(27)42)36(50)48-23-29(20-34(48)35(49)44-5)56-39(53)47-22-26-15-13-18-32(43)30(26)24-47/h11-15,17-18,28-29,33-34H,6-10,16,19-25H2,1-5H3,(H,44,49)(H,45,52)(H,46,51)/t28-,29-,33+,34+,41+/m1/s1. The summed E-state index contributed by atoms with van der Waals surface area (Å²) in [4.78, 5) is 68.7. The first-order chi connectivity index (χ1) is 27.3. The second kappa shape index (κ2) is 18.4. The molecule has 2 fully saturated rings. The Labute approximate surface area is 338 Å². The average molecular weight is 832 g/mol. The molecule has 1 saturated carbocycles. The van der Waals surface area contributed by atoms with Gasteiger partial charge in [0.2, 0.25) is 27.7 Å². The first-order valence-corrected chi connectivity index (χ1v) is 21.5. The van der Waals surface area contributed by atoms with Crippen molar-refractivity contribution in [3.8, 4) is 0 Å². The van der Waals surface area contributed by atoms with Crippen LogP contribution in [0.1, 0.15) is 102 Å². The molecule has 14 nitrogen and oxygen atoms in total. The van der Waals surface area contributed by atoms with Gasteiger partial charge in [0, 0.05) is 31.1 Å². The lowest BCUT2D eigenvalue weighted by molar-refractivity contribution is -0.140. The fraction of sp³-hybridized carbons (Fsp3) is 0.585. The topological polar surface area (TPSA) is 181 Å². The number of benzene rings is 2. The number of likely N-dealkylation sites (tertiary alicyclic amines) is 1. The molecule has 58 heavy (non-hydrogen) atoms. The third-order valence-corrected chi connectivity index (χ3v) is 12.3. The monoisotopic (exact) mass is 831 g/mol. The van der Waals surface area contributed by atoms with Gasteiger partial charge in [-0.15, -0.1) is 0 Å². The molecule has 2 aromatic carbocycles. The van der Waals surface area contributed by atoms with E-state index >= 15 is 0 Å². The predicted molar refractivity (Wildman–Crippen MR) is 209 cm³/mol. The van der Waals surface area contributed by atoms with Crippen LogP contribution >= 0.6 is 0 Å². The van der Waals surface area contributed by atoms with Crippen molar-refractivity contribution in [3.63, 3.8) is 0 Å². The van der Waals surface area contributed by atoms with Crippen LogP contribution in [0.3, 0.4) is 0 Å². The molecule has 3 N–H and O–H groups in total. The number of rotatable bonds is 16. The van der Waals surface area contributed by atoms with Crippen LogP contribution in [0, 0.1) is 23.0 Å². The Balaban J connectivity index is 1.10. The largest absolute Gasteiger partial charge is 0.444 e. The van der Waals surface area contributed by atoms with E-state index in [0.29, 0.717) is 30.4 Å². The Hall–Kier alpha value is -4.80. The van der Waals surface area contributed by atoms with Gasteiger partial charge in [0.15, 0.2) is 0 Å². The van der Waals surface area contributed by atoms with Crippen molar-refractivity contribution in [3.05, 3.63) is 70.8 Å².